The van der Waals surface area contributed by atoms with Crippen molar-refractivity contribution < 1.29 is 9.18 Å². The van der Waals surface area contributed by atoms with E-state index in [2.05, 4.69) is 0 Å². The monoisotopic (exact) mass is 271 g/mol. The van der Waals surface area contributed by atoms with Gasteiger partial charge in [-0.1, -0.05) is 48.5 Å². The molecule has 0 N–H and O–H groups in total. The molecule has 0 aliphatic carbocycles. The third-order valence-corrected chi connectivity index (χ3v) is 3.09. The number of nitrogens with zero attached hydrogens (tertiary/aromatic N) is 1. The maximum Gasteiger partial charge on any atom is 0.151 e. The molecule has 0 heterocycles. The summed E-state index contributed by atoms with van der Waals surface area (Å²) in [7, 11) is 1.90. The summed E-state index contributed by atoms with van der Waals surface area (Å²) in [5, 5.41) is 0. The van der Waals surface area contributed by atoms with E-state index in [1.54, 1.807) is 18.2 Å². The van der Waals surface area contributed by atoms with Crippen LogP contribution < -0.4 is 0 Å². The highest BCUT2D eigenvalue weighted by molar-refractivity contribution is 5.82. The van der Waals surface area contributed by atoms with Gasteiger partial charge in [0.2, 0.25) is 0 Å². The molecular weight excluding hydrogens is 253 g/mol. The number of rotatable bonds is 6. The van der Waals surface area contributed by atoms with E-state index >= 15 is 0 Å². The Hall–Kier alpha value is -2.00. The molecule has 0 aliphatic rings. The molecule has 0 bridgehead atoms. The Morgan fingerprint density at radius 2 is 1.70 bits per heavy atom. The van der Waals surface area contributed by atoms with Crippen LogP contribution in [0.3, 0.4) is 0 Å². The van der Waals surface area contributed by atoms with Crippen LogP contribution >= 0.6 is 0 Å². The van der Waals surface area contributed by atoms with Gasteiger partial charge in [-0.3, -0.25) is 9.69 Å². The minimum Gasteiger partial charge on any atom is -0.298 e. The zero-order valence-electron chi connectivity index (χ0n) is 11.6. The summed E-state index contributed by atoms with van der Waals surface area (Å²) in [6.45, 7) is 1.03. The lowest BCUT2D eigenvalue weighted by atomic mass is 10.1. The van der Waals surface area contributed by atoms with E-state index in [1.165, 1.54) is 6.07 Å². The summed E-state index contributed by atoms with van der Waals surface area (Å²) in [5.74, 6) is -0.292. The van der Waals surface area contributed by atoms with Crippen LogP contribution in [0.25, 0.3) is 0 Å². The van der Waals surface area contributed by atoms with Gasteiger partial charge in [-0.15, -0.1) is 0 Å². The number of Topliss-reactive ketones (excluding diaryl/α,β-unsaturated/α-hetero) is 1. The highest BCUT2D eigenvalue weighted by Crippen LogP contribution is 2.08. The maximum atomic E-state index is 13.5. The number of carbonyl (C=O) groups is 1. The zero-order valence-corrected chi connectivity index (χ0v) is 11.6. The minimum atomic E-state index is -0.313. The SMILES string of the molecule is CN(CC(=O)Cc1ccccc1F)Cc1ccccc1. The van der Waals surface area contributed by atoms with Gasteiger partial charge in [0.25, 0.3) is 0 Å². The minimum absolute atomic E-state index is 0.0218. The summed E-state index contributed by atoms with van der Waals surface area (Å²) >= 11 is 0. The molecule has 0 saturated heterocycles. The largest absolute Gasteiger partial charge is 0.298 e. The average molecular weight is 271 g/mol. The second-order valence-corrected chi connectivity index (χ2v) is 4.96. The first-order valence-corrected chi connectivity index (χ1v) is 6.63. The van der Waals surface area contributed by atoms with Gasteiger partial charge in [0.05, 0.1) is 6.54 Å². The fourth-order valence-corrected chi connectivity index (χ4v) is 2.16. The molecule has 0 aliphatic heterocycles. The van der Waals surface area contributed by atoms with Crippen molar-refractivity contribution in [2.24, 2.45) is 0 Å². The Morgan fingerprint density at radius 1 is 1.05 bits per heavy atom. The number of ketones is 1. The normalized spacial score (nSPS) is 10.8. The first-order chi connectivity index (χ1) is 9.65. The van der Waals surface area contributed by atoms with Gasteiger partial charge >= 0.3 is 0 Å². The van der Waals surface area contributed by atoms with Crippen LogP contribution in [0.15, 0.2) is 54.6 Å². The first-order valence-electron chi connectivity index (χ1n) is 6.63. The highest BCUT2D eigenvalue weighted by atomic mass is 19.1. The summed E-state index contributed by atoms with van der Waals surface area (Å²) < 4.78 is 13.5. The second kappa shape index (κ2) is 6.96. The molecule has 0 unspecified atom stereocenters. The Kier molecular flexibility index (Phi) is 5.02. The van der Waals surface area contributed by atoms with Crippen LogP contribution in [0.5, 0.6) is 0 Å². The van der Waals surface area contributed by atoms with Crippen LogP contribution in [0.4, 0.5) is 4.39 Å². The highest BCUT2D eigenvalue weighted by Gasteiger charge is 2.10. The molecule has 0 spiro atoms. The molecule has 3 heteroatoms. The summed E-state index contributed by atoms with van der Waals surface area (Å²) in [5.41, 5.74) is 1.62. The topological polar surface area (TPSA) is 20.3 Å². The van der Waals surface area contributed by atoms with Gasteiger partial charge in [0, 0.05) is 13.0 Å². The number of hydrogen-bond acceptors (Lipinski definition) is 2. The standard InChI is InChI=1S/C17H18FNO/c1-19(12-14-7-3-2-4-8-14)13-16(20)11-15-9-5-6-10-17(15)18/h2-10H,11-13H2,1H3. The molecular formula is C17H18FNO. The van der Waals surface area contributed by atoms with E-state index in [-0.39, 0.29) is 18.0 Å². The molecule has 104 valence electrons. The second-order valence-electron chi connectivity index (χ2n) is 4.96. The molecule has 0 fully saturated rings. The molecule has 2 aromatic rings. The molecule has 2 nitrogen and oxygen atoms in total. The molecule has 2 aromatic carbocycles. The van der Waals surface area contributed by atoms with E-state index in [0.29, 0.717) is 18.7 Å². The van der Waals surface area contributed by atoms with Crippen molar-refractivity contribution in [1.29, 1.82) is 0 Å². The van der Waals surface area contributed by atoms with Gasteiger partial charge in [-0.25, -0.2) is 4.39 Å². The first kappa shape index (κ1) is 14.4. The van der Waals surface area contributed by atoms with E-state index in [0.717, 1.165) is 5.56 Å². The number of benzene rings is 2. The summed E-state index contributed by atoms with van der Waals surface area (Å²) in [4.78, 5) is 13.9. The Bertz CT molecular complexity index is 568. The van der Waals surface area contributed by atoms with Crippen molar-refractivity contribution in [3.8, 4) is 0 Å². The van der Waals surface area contributed by atoms with E-state index in [9.17, 15) is 9.18 Å². The molecule has 0 aromatic heterocycles. The van der Waals surface area contributed by atoms with Gasteiger partial charge in [0.15, 0.2) is 5.78 Å². The predicted molar refractivity (Wildman–Crippen MR) is 77.9 cm³/mol. The average Bonchev–Trinajstić information content (AvgIpc) is 2.42. The van der Waals surface area contributed by atoms with Gasteiger partial charge in [-0.05, 0) is 24.2 Å². The van der Waals surface area contributed by atoms with Crippen LogP contribution in [0.1, 0.15) is 11.1 Å². The number of carbonyl (C=O) groups excluding carboxylic acids is 1. The lowest BCUT2D eigenvalue weighted by Crippen LogP contribution is -2.26. The molecule has 0 saturated carbocycles. The number of halogens is 1. The third kappa shape index (κ3) is 4.28. The number of hydrogen-bond donors (Lipinski definition) is 0. The van der Waals surface area contributed by atoms with E-state index < -0.39 is 0 Å². The summed E-state index contributed by atoms with van der Waals surface area (Å²) in [6, 6.07) is 16.4. The van der Waals surface area contributed by atoms with Crippen LogP contribution in [0, 0.1) is 5.82 Å². The quantitative estimate of drug-likeness (QED) is 0.804. The fourth-order valence-electron chi connectivity index (χ4n) is 2.16. The lowest BCUT2D eigenvalue weighted by Gasteiger charge is -2.15. The van der Waals surface area contributed by atoms with Crippen LogP contribution in [-0.4, -0.2) is 24.3 Å². The van der Waals surface area contributed by atoms with E-state index in [4.69, 9.17) is 0 Å². The Morgan fingerprint density at radius 3 is 2.40 bits per heavy atom. The van der Waals surface area contributed by atoms with E-state index in [1.807, 2.05) is 42.3 Å². The van der Waals surface area contributed by atoms with Crippen LogP contribution in [-0.2, 0) is 17.8 Å². The van der Waals surface area contributed by atoms with Crippen molar-refractivity contribution in [2.45, 2.75) is 13.0 Å². The fraction of sp³-hybridized carbons (Fsp3) is 0.235. The van der Waals surface area contributed by atoms with Crippen molar-refractivity contribution in [2.75, 3.05) is 13.6 Å². The Balaban J connectivity index is 1.87. The smallest absolute Gasteiger partial charge is 0.151 e. The van der Waals surface area contributed by atoms with Crippen molar-refractivity contribution in [3.05, 3.63) is 71.5 Å². The van der Waals surface area contributed by atoms with Crippen molar-refractivity contribution in [1.82, 2.24) is 4.90 Å². The zero-order chi connectivity index (χ0) is 14.4. The molecule has 20 heavy (non-hydrogen) atoms. The molecule has 0 atom stereocenters. The molecule has 2 rings (SSSR count). The molecule has 0 amide bonds. The predicted octanol–water partition coefficient (Wildman–Crippen LogP) is 3.07. The van der Waals surface area contributed by atoms with Gasteiger partial charge < -0.3 is 0 Å². The van der Waals surface area contributed by atoms with Crippen LogP contribution in [0.2, 0.25) is 0 Å². The van der Waals surface area contributed by atoms with Crippen molar-refractivity contribution in [3.63, 3.8) is 0 Å². The van der Waals surface area contributed by atoms with Gasteiger partial charge in [-0.2, -0.15) is 0 Å². The summed E-state index contributed by atoms with van der Waals surface area (Å²) in [6.07, 6.45) is 0.145. The van der Waals surface area contributed by atoms with Crippen molar-refractivity contribution >= 4 is 5.78 Å². The maximum absolute atomic E-state index is 13.5. The third-order valence-electron chi connectivity index (χ3n) is 3.09. The molecule has 0 radical (unpaired) electrons. The lowest BCUT2D eigenvalue weighted by molar-refractivity contribution is -0.119. The van der Waals surface area contributed by atoms with Gasteiger partial charge in [0.1, 0.15) is 5.82 Å². The number of likely N-dealkylation sites (N-methyl/N-ethyl adjacent to an activating group) is 1. The Labute approximate surface area is 118 Å².